The van der Waals surface area contributed by atoms with Crippen LogP contribution in [0.15, 0.2) is 24.3 Å². The first kappa shape index (κ1) is 11.9. The van der Waals surface area contributed by atoms with Gasteiger partial charge in [0.2, 0.25) is 0 Å². The Morgan fingerprint density at radius 2 is 1.93 bits per heavy atom. The summed E-state index contributed by atoms with van der Waals surface area (Å²) < 4.78 is 5.39. The molecule has 4 heteroatoms. The zero-order valence-corrected chi connectivity index (χ0v) is 9.04. The van der Waals surface area contributed by atoms with E-state index in [0.717, 1.165) is 12.2 Å². The fourth-order valence-electron chi connectivity index (χ4n) is 1.10. The van der Waals surface area contributed by atoms with Crippen LogP contribution in [0.2, 0.25) is 5.02 Å². The van der Waals surface area contributed by atoms with Crippen LogP contribution >= 0.6 is 11.6 Å². The average molecular weight is 229 g/mol. The van der Waals surface area contributed by atoms with Crippen LogP contribution in [-0.2, 0) is 4.79 Å². The summed E-state index contributed by atoms with van der Waals surface area (Å²) in [5.74, 6) is -0.00350. The molecule has 0 spiro atoms. The van der Waals surface area contributed by atoms with Crippen LogP contribution in [0, 0.1) is 0 Å². The molecule has 0 unspecified atom stereocenters. The summed E-state index contributed by atoms with van der Waals surface area (Å²) in [4.78, 5) is 10.2. The van der Waals surface area contributed by atoms with Gasteiger partial charge in [-0.05, 0) is 37.1 Å². The van der Waals surface area contributed by atoms with Crippen molar-refractivity contribution in [1.82, 2.24) is 0 Å². The van der Waals surface area contributed by atoms with Gasteiger partial charge in [-0.2, -0.15) is 0 Å². The molecule has 0 radical (unpaired) electrons. The summed E-state index contributed by atoms with van der Waals surface area (Å²) in [5, 5.41) is 9.08. The van der Waals surface area contributed by atoms with Crippen molar-refractivity contribution in [2.45, 2.75) is 19.3 Å². The lowest BCUT2D eigenvalue weighted by molar-refractivity contribution is -0.137. The van der Waals surface area contributed by atoms with E-state index in [-0.39, 0.29) is 6.42 Å². The third-order valence-electron chi connectivity index (χ3n) is 1.87. The Balaban J connectivity index is 2.15. The second-order valence-corrected chi connectivity index (χ2v) is 3.59. The summed E-state index contributed by atoms with van der Waals surface area (Å²) >= 11 is 5.71. The summed E-state index contributed by atoms with van der Waals surface area (Å²) in [6.07, 6.45) is 1.59. The van der Waals surface area contributed by atoms with Gasteiger partial charge in [0.05, 0.1) is 6.61 Å². The van der Waals surface area contributed by atoms with Crippen molar-refractivity contribution in [3.8, 4) is 5.75 Å². The lowest BCUT2D eigenvalue weighted by Gasteiger charge is -2.04. The normalized spacial score (nSPS) is 9.93. The van der Waals surface area contributed by atoms with Gasteiger partial charge in [0, 0.05) is 11.4 Å². The number of carboxylic acids is 1. The number of carboxylic acid groups (broad SMARTS) is 1. The van der Waals surface area contributed by atoms with Crippen molar-refractivity contribution >= 4 is 17.6 Å². The molecule has 0 fully saturated rings. The van der Waals surface area contributed by atoms with Crippen LogP contribution in [0.3, 0.4) is 0 Å². The second kappa shape index (κ2) is 6.30. The summed E-state index contributed by atoms with van der Waals surface area (Å²) in [6.45, 7) is 0.537. The Hall–Kier alpha value is -1.22. The number of ether oxygens (including phenoxy) is 1. The van der Waals surface area contributed by atoms with E-state index in [2.05, 4.69) is 0 Å². The first-order valence-electron chi connectivity index (χ1n) is 4.78. The molecular formula is C11H13ClO3. The molecule has 0 saturated carbocycles. The minimum atomic E-state index is -0.763. The molecule has 0 heterocycles. The molecule has 82 valence electrons. The highest BCUT2D eigenvalue weighted by atomic mass is 35.5. The predicted octanol–water partition coefficient (Wildman–Crippen LogP) is 2.97. The van der Waals surface area contributed by atoms with Gasteiger partial charge in [-0.25, -0.2) is 0 Å². The van der Waals surface area contributed by atoms with Crippen LogP contribution in [0.5, 0.6) is 5.75 Å². The number of carbonyl (C=O) groups is 1. The van der Waals surface area contributed by atoms with Crippen molar-refractivity contribution in [3.05, 3.63) is 29.3 Å². The molecular weight excluding hydrogens is 216 g/mol. The van der Waals surface area contributed by atoms with Gasteiger partial charge in [-0.1, -0.05) is 11.6 Å². The van der Waals surface area contributed by atoms with Crippen LogP contribution in [0.1, 0.15) is 19.3 Å². The van der Waals surface area contributed by atoms with Crippen LogP contribution < -0.4 is 4.74 Å². The lowest BCUT2D eigenvalue weighted by atomic mass is 10.2. The fourth-order valence-corrected chi connectivity index (χ4v) is 1.23. The van der Waals surface area contributed by atoms with E-state index in [0.29, 0.717) is 18.1 Å². The number of halogens is 1. The summed E-state index contributed by atoms with van der Waals surface area (Å²) in [5.41, 5.74) is 0. The van der Waals surface area contributed by atoms with Gasteiger partial charge < -0.3 is 9.84 Å². The Kier molecular flexibility index (Phi) is 4.98. The number of unbranched alkanes of at least 4 members (excludes halogenated alkanes) is 1. The molecule has 1 N–H and O–H groups in total. The van der Waals surface area contributed by atoms with E-state index in [1.807, 2.05) is 0 Å². The molecule has 3 nitrogen and oxygen atoms in total. The number of aliphatic carboxylic acids is 1. The summed E-state index contributed by atoms with van der Waals surface area (Å²) in [7, 11) is 0. The number of benzene rings is 1. The van der Waals surface area contributed by atoms with E-state index in [1.165, 1.54) is 0 Å². The zero-order chi connectivity index (χ0) is 11.1. The SMILES string of the molecule is O=C(O)CCCCOc1ccc(Cl)cc1. The fraction of sp³-hybridized carbons (Fsp3) is 0.364. The third-order valence-corrected chi connectivity index (χ3v) is 2.12. The first-order chi connectivity index (χ1) is 7.18. The highest BCUT2D eigenvalue weighted by molar-refractivity contribution is 6.30. The van der Waals surface area contributed by atoms with Crippen molar-refractivity contribution in [2.24, 2.45) is 0 Å². The first-order valence-corrected chi connectivity index (χ1v) is 5.16. The highest BCUT2D eigenvalue weighted by Crippen LogP contribution is 2.15. The van der Waals surface area contributed by atoms with Crippen molar-refractivity contribution < 1.29 is 14.6 Å². The largest absolute Gasteiger partial charge is 0.494 e. The molecule has 1 aromatic rings. The molecule has 0 saturated heterocycles. The predicted molar refractivity (Wildman–Crippen MR) is 58.4 cm³/mol. The average Bonchev–Trinajstić information content (AvgIpc) is 2.20. The van der Waals surface area contributed by atoms with Crippen LogP contribution in [0.4, 0.5) is 0 Å². The highest BCUT2D eigenvalue weighted by Gasteiger charge is 1.97. The van der Waals surface area contributed by atoms with Gasteiger partial charge in [0.15, 0.2) is 0 Å². The zero-order valence-electron chi connectivity index (χ0n) is 8.28. The molecule has 1 rings (SSSR count). The quantitative estimate of drug-likeness (QED) is 0.762. The standard InChI is InChI=1S/C11H13ClO3/c12-9-4-6-10(7-5-9)15-8-2-1-3-11(13)14/h4-7H,1-3,8H2,(H,13,14). The van der Waals surface area contributed by atoms with Crippen molar-refractivity contribution in [1.29, 1.82) is 0 Å². The molecule has 0 aliphatic heterocycles. The number of rotatable bonds is 6. The molecule has 1 aromatic carbocycles. The summed E-state index contributed by atoms with van der Waals surface area (Å²) in [6, 6.07) is 7.10. The van der Waals surface area contributed by atoms with Gasteiger partial charge in [0.25, 0.3) is 0 Å². The van der Waals surface area contributed by atoms with E-state index in [4.69, 9.17) is 21.4 Å². The van der Waals surface area contributed by atoms with E-state index in [1.54, 1.807) is 24.3 Å². The minimum absolute atomic E-state index is 0.198. The third kappa shape index (κ3) is 5.27. The van der Waals surface area contributed by atoms with Crippen LogP contribution in [0.25, 0.3) is 0 Å². The molecule has 15 heavy (non-hydrogen) atoms. The van der Waals surface area contributed by atoms with Crippen molar-refractivity contribution in [3.63, 3.8) is 0 Å². The molecule has 0 atom stereocenters. The van der Waals surface area contributed by atoms with Gasteiger partial charge in [0.1, 0.15) is 5.75 Å². The van der Waals surface area contributed by atoms with Gasteiger partial charge in [-0.3, -0.25) is 4.79 Å². The Bertz CT molecular complexity index is 308. The van der Waals surface area contributed by atoms with Crippen molar-refractivity contribution in [2.75, 3.05) is 6.61 Å². The number of hydrogen-bond donors (Lipinski definition) is 1. The second-order valence-electron chi connectivity index (χ2n) is 3.15. The Morgan fingerprint density at radius 1 is 1.27 bits per heavy atom. The van der Waals surface area contributed by atoms with E-state index < -0.39 is 5.97 Å². The monoisotopic (exact) mass is 228 g/mol. The Morgan fingerprint density at radius 3 is 2.53 bits per heavy atom. The molecule has 0 bridgehead atoms. The maximum absolute atomic E-state index is 10.2. The van der Waals surface area contributed by atoms with Gasteiger partial charge >= 0.3 is 5.97 Å². The van der Waals surface area contributed by atoms with Gasteiger partial charge in [-0.15, -0.1) is 0 Å². The molecule has 0 aromatic heterocycles. The minimum Gasteiger partial charge on any atom is -0.494 e. The number of hydrogen-bond acceptors (Lipinski definition) is 2. The maximum Gasteiger partial charge on any atom is 0.303 e. The van der Waals surface area contributed by atoms with E-state index in [9.17, 15) is 4.79 Å². The Labute approximate surface area is 93.6 Å². The van der Waals surface area contributed by atoms with Crippen LogP contribution in [-0.4, -0.2) is 17.7 Å². The maximum atomic E-state index is 10.2. The topological polar surface area (TPSA) is 46.5 Å². The lowest BCUT2D eigenvalue weighted by Crippen LogP contribution is -2.00. The molecule has 0 aliphatic carbocycles. The molecule has 0 amide bonds. The smallest absolute Gasteiger partial charge is 0.303 e. The molecule has 0 aliphatic rings. The van der Waals surface area contributed by atoms with E-state index >= 15 is 0 Å².